The number of nitrogens with zero attached hydrogens (tertiary/aromatic N) is 1. The Morgan fingerprint density at radius 3 is 3.00 bits per heavy atom. The molecule has 0 saturated carbocycles. The molecular weight excluding hydrogens is 258 g/mol. The van der Waals surface area contributed by atoms with E-state index in [4.69, 9.17) is 0 Å². The summed E-state index contributed by atoms with van der Waals surface area (Å²) in [6.45, 7) is 3.37. The maximum Gasteiger partial charge on any atom is 0.234 e. The minimum absolute atomic E-state index is 0.137. The van der Waals surface area contributed by atoms with Gasteiger partial charge >= 0.3 is 0 Å². The summed E-state index contributed by atoms with van der Waals surface area (Å²) in [5.41, 5.74) is 0. The van der Waals surface area contributed by atoms with Crippen LogP contribution in [0, 0.1) is 0 Å². The highest BCUT2D eigenvalue weighted by Gasteiger charge is 2.19. The van der Waals surface area contributed by atoms with E-state index in [2.05, 4.69) is 34.0 Å². The molecule has 0 spiro atoms. The molecule has 1 aromatic heterocycles. The molecule has 1 amide bonds. The third-order valence-corrected chi connectivity index (χ3v) is 4.53. The summed E-state index contributed by atoms with van der Waals surface area (Å²) in [7, 11) is 2.05. The number of hydrogen-bond acceptors (Lipinski definition) is 4. The molecule has 0 aromatic carbocycles. The number of hydrogen-bond donors (Lipinski definition) is 2. The minimum Gasteiger partial charge on any atom is -0.355 e. The molecule has 2 heterocycles. The molecule has 1 fully saturated rings. The van der Waals surface area contributed by atoms with Gasteiger partial charge in [0.15, 0.2) is 0 Å². The molecule has 0 aliphatic carbocycles. The SMILES string of the molecule is CN(CC(=O)NCCc1cccs1)C1CCNCC1. The Morgan fingerprint density at radius 2 is 2.32 bits per heavy atom. The highest BCUT2D eigenvalue weighted by Crippen LogP contribution is 2.09. The first-order chi connectivity index (χ1) is 9.25. The number of amides is 1. The third-order valence-electron chi connectivity index (χ3n) is 3.60. The van der Waals surface area contributed by atoms with Crippen LogP contribution in [0.4, 0.5) is 0 Å². The molecule has 19 heavy (non-hydrogen) atoms. The van der Waals surface area contributed by atoms with Gasteiger partial charge in [-0.15, -0.1) is 11.3 Å². The Morgan fingerprint density at radius 1 is 1.53 bits per heavy atom. The molecule has 0 bridgehead atoms. The number of nitrogens with one attached hydrogen (secondary N) is 2. The Labute approximate surface area is 119 Å². The van der Waals surface area contributed by atoms with Gasteiger partial charge in [0.25, 0.3) is 0 Å². The van der Waals surface area contributed by atoms with Crippen molar-refractivity contribution in [2.24, 2.45) is 0 Å². The molecule has 1 saturated heterocycles. The number of rotatable bonds is 6. The summed E-state index contributed by atoms with van der Waals surface area (Å²) < 4.78 is 0. The van der Waals surface area contributed by atoms with E-state index in [0.29, 0.717) is 12.6 Å². The van der Waals surface area contributed by atoms with E-state index in [9.17, 15) is 4.79 Å². The van der Waals surface area contributed by atoms with Crippen LogP contribution in [0.3, 0.4) is 0 Å². The Bertz CT molecular complexity index is 374. The van der Waals surface area contributed by atoms with Crippen LogP contribution in [0.25, 0.3) is 0 Å². The van der Waals surface area contributed by atoms with Gasteiger partial charge in [0.05, 0.1) is 6.54 Å². The summed E-state index contributed by atoms with van der Waals surface area (Å²) >= 11 is 1.74. The zero-order chi connectivity index (χ0) is 13.5. The van der Waals surface area contributed by atoms with Gasteiger partial charge in [0, 0.05) is 17.5 Å². The van der Waals surface area contributed by atoms with Gasteiger partial charge in [-0.2, -0.15) is 0 Å². The topological polar surface area (TPSA) is 44.4 Å². The van der Waals surface area contributed by atoms with E-state index < -0.39 is 0 Å². The van der Waals surface area contributed by atoms with Crippen molar-refractivity contribution >= 4 is 17.2 Å². The van der Waals surface area contributed by atoms with Gasteiger partial charge in [-0.1, -0.05) is 6.07 Å². The summed E-state index contributed by atoms with van der Waals surface area (Å²) in [5, 5.41) is 8.42. The standard InChI is InChI=1S/C14H23N3OS/c1-17(12-4-7-15-8-5-12)11-14(18)16-9-6-13-3-2-10-19-13/h2-3,10,12,15H,4-9,11H2,1H3,(H,16,18). The van der Waals surface area contributed by atoms with Gasteiger partial charge < -0.3 is 10.6 Å². The maximum atomic E-state index is 11.9. The maximum absolute atomic E-state index is 11.9. The van der Waals surface area contributed by atoms with Crippen molar-refractivity contribution < 1.29 is 4.79 Å². The minimum atomic E-state index is 0.137. The monoisotopic (exact) mass is 281 g/mol. The van der Waals surface area contributed by atoms with Crippen molar-refractivity contribution in [2.75, 3.05) is 33.2 Å². The summed E-state index contributed by atoms with van der Waals surface area (Å²) in [4.78, 5) is 15.4. The lowest BCUT2D eigenvalue weighted by Gasteiger charge is -2.31. The molecule has 1 aromatic rings. The Balaban J connectivity index is 1.63. The fourth-order valence-corrected chi connectivity index (χ4v) is 3.15. The largest absolute Gasteiger partial charge is 0.355 e. The van der Waals surface area contributed by atoms with Crippen LogP contribution in [-0.2, 0) is 11.2 Å². The molecule has 4 nitrogen and oxygen atoms in total. The van der Waals surface area contributed by atoms with Crippen LogP contribution in [0.1, 0.15) is 17.7 Å². The van der Waals surface area contributed by atoms with Crippen LogP contribution in [0.15, 0.2) is 17.5 Å². The fraction of sp³-hybridized carbons (Fsp3) is 0.643. The lowest BCUT2D eigenvalue weighted by molar-refractivity contribution is -0.122. The number of carbonyl (C=O) groups is 1. The van der Waals surface area contributed by atoms with Crippen LogP contribution < -0.4 is 10.6 Å². The van der Waals surface area contributed by atoms with Crippen molar-refractivity contribution in [3.63, 3.8) is 0 Å². The predicted octanol–water partition coefficient (Wildman–Crippen LogP) is 1.09. The van der Waals surface area contributed by atoms with Gasteiger partial charge in [0.1, 0.15) is 0 Å². The highest BCUT2D eigenvalue weighted by atomic mass is 32.1. The van der Waals surface area contributed by atoms with Gasteiger partial charge in [-0.3, -0.25) is 9.69 Å². The van der Waals surface area contributed by atoms with E-state index in [1.807, 2.05) is 6.07 Å². The summed E-state index contributed by atoms with van der Waals surface area (Å²) in [6.07, 6.45) is 3.21. The summed E-state index contributed by atoms with van der Waals surface area (Å²) in [6, 6.07) is 4.70. The van der Waals surface area contributed by atoms with Crippen LogP contribution in [-0.4, -0.2) is 50.1 Å². The average molecular weight is 281 g/mol. The normalized spacial score (nSPS) is 16.7. The van der Waals surface area contributed by atoms with E-state index in [0.717, 1.165) is 38.9 Å². The Kier molecular flexibility index (Phi) is 5.82. The number of carbonyl (C=O) groups excluding carboxylic acids is 1. The molecule has 1 aliphatic rings. The van der Waals surface area contributed by atoms with E-state index >= 15 is 0 Å². The van der Waals surface area contributed by atoms with Crippen molar-refractivity contribution in [1.82, 2.24) is 15.5 Å². The molecule has 5 heteroatoms. The van der Waals surface area contributed by atoms with E-state index in [1.54, 1.807) is 11.3 Å². The molecule has 2 N–H and O–H groups in total. The molecular formula is C14H23N3OS. The lowest BCUT2D eigenvalue weighted by atomic mass is 10.1. The molecule has 0 unspecified atom stereocenters. The zero-order valence-corrected chi connectivity index (χ0v) is 12.3. The van der Waals surface area contributed by atoms with Gasteiger partial charge in [-0.25, -0.2) is 0 Å². The van der Waals surface area contributed by atoms with Crippen molar-refractivity contribution in [3.05, 3.63) is 22.4 Å². The van der Waals surface area contributed by atoms with Crippen LogP contribution >= 0.6 is 11.3 Å². The summed E-state index contributed by atoms with van der Waals surface area (Å²) in [5.74, 6) is 0.137. The first-order valence-corrected chi connectivity index (χ1v) is 7.83. The van der Waals surface area contributed by atoms with Crippen molar-refractivity contribution in [1.29, 1.82) is 0 Å². The second-order valence-corrected chi connectivity index (χ2v) is 6.11. The Hall–Kier alpha value is -0.910. The molecule has 1 aliphatic heterocycles. The van der Waals surface area contributed by atoms with Crippen LogP contribution in [0.2, 0.25) is 0 Å². The van der Waals surface area contributed by atoms with Crippen LogP contribution in [0.5, 0.6) is 0 Å². The molecule has 0 radical (unpaired) electrons. The molecule has 106 valence electrons. The predicted molar refractivity (Wildman–Crippen MR) is 79.6 cm³/mol. The smallest absolute Gasteiger partial charge is 0.234 e. The number of thiophene rings is 1. The number of piperidine rings is 1. The third kappa shape index (κ3) is 4.93. The number of likely N-dealkylation sites (N-methyl/N-ethyl adjacent to an activating group) is 1. The average Bonchev–Trinajstić information content (AvgIpc) is 2.93. The lowest BCUT2D eigenvalue weighted by Crippen LogP contribution is -2.45. The van der Waals surface area contributed by atoms with E-state index in [-0.39, 0.29) is 5.91 Å². The highest BCUT2D eigenvalue weighted by molar-refractivity contribution is 7.09. The first-order valence-electron chi connectivity index (χ1n) is 6.96. The van der Waals surface area contributed by atoms with Crippen molar-refractivity contribution in [2.45, 2.75) is 25.3 Å². The second kappa shape index (κ2) is 7.62. The molecule has 2 rings (SSSR count). The van der Waals surface area contributed by atoms with Crippen molar-refractivity contribution in [3.8, 4) is 0 Å². The van der Waals surface area contributed by atoms with Gasteiger partial charge in [0.2, 0.25) is 5.91 Å². The van der Waals surface area contributed by atoms with E-state index in [1.165, 1.54) is 4.88 Å². The fourth-order valence-electron chi connectivity index (χ4n) is 2.44. The zero-order valence-electron chi connectivity index (χ0n) is 11.5. The van der Waals surface area contributed by atoms with Gasteiger partial charge in [-0.05, 0) is 50.8 Å². The first kappa shape index (κ1) is 14.5. The quantitative estimate of drug-likeness (QED) is 0.820. The second-order valence-electron chi connectivity index (χ2n) is 5.08. The molecule has 0 atom stereocenters.